The Morgan fingerprint density at radius 3 is 2.87 bits per heavy atom. The van der Waals surface area contributed by atoms with Crippen LogP contribution in [0.2, 0.25) is 0 Å². The molecule has 1 fully saturated rings. The van der Waals surface area contributed by atoms with E-state index in [4.69, 9.17) is 0 Å². The van der Waals surface area contributed by atoms with E-state index in [2.05, 4.69) is 37.3 Å². The maximum Gasteiger partial charge on any atom is 0.259 e. The van der Waals surface area contributed by atoms with Gasteiger partial charge in [0.05, 0.1) is 23.2 Å². The van der Waals surface area contributed by atoms with Crippen LogP contribution in [0.1, 0.15) is 12.0 Å². The van der Waals surface area contributed by atoms with E-state index in [0.29, 0.717) is 11.4 Å². The summed E-state index contributed by atoms with van der Waals surface area (Å²) in [5.74, 6) is 0.547. The summed E-state index contributed by atoms with van der Waals surface area (Å²) in [6.07, 6.45) is 2.81. The summed E-state index contributed by atoms with van der Waals surface area (Å²) >= 11 is 0. The minimum atomic E-state index is -0.195. The predicted octanol–water partition coefficient (Wildman–Crippen LogP) is 2.88. The van der Waals surface area contributed by atoms with Gasteiger partial charge in [-0.05, 0) is 60.0 Å². The van der Waals surface area contributed by atoms with E-state index in [-0.39, 0.29) is 12.2 Å². The van der Waals surface area contributed by atoms with Crippen LogP contribution < -0.4 is 15.8 Å². The molecule has 4 N–H and O–H groups in total. The van der Waals surface area contributed by atoms with Crippen LogP contribution in [0.25, 0.3) is 33.5 Å². The lowest BCUT2D eigenvalue weighted by atomic mass is 10.0. The van der Waals surface area contributed by atoms with E-state index in [1.807, 2.05) is 36.4 Å². The minimum absolute atomic E-state index is 0.0248. The zero-order chi connectivity index (χ0) is 21.2. The molecule has 0 radical (unpaired) electrons. The zero-order valence-electron chi connectivity index (χ0n) is 17.2. The maximum atomic E-state index is 12.6. The van der Waals surface area contributed by atoms with Gasteiger partial charge >= 0.3 is 0 Å². The molecule has 1 aliphatic heterocycles. The van der Waals surface area contributed by atoms with Crippen molar-refractivity contribution in [3.63, 3.8) is 0 Å². The second kappa shape index (κ2) is 8.37. The van der Waals surface area contributed by atoms with Gasteiger partial charge in [0.1, 0.15) is 5.82 Å². The molecule has 0 spiro atoms. The zero-order valence-corrected chi connectivity index (χ0v) is 17.2. The summed E-state index contributed by atoms with van der Waals surface area (Å²) < 4.78 is 0. The average Bonchev–Trinajstić information content (AvgIpc) is 3.03. The minimum Gasteiger partial charge on any atom is -0.392 e. The van der Waals surface area contributed by atoms with E-state index in [1.54, 1.807) is 6.20 Å². The molecular weight excluding hydrogens is 390 g/mol. The molecule has 0 bridgehead atoms. The number of aliphatic hydroxyl groups is 1. The lowest BCUT2D eigenvalue weighted by Gasteiger charge is -2.22. The van der Waals surface area contributed by atoms with Crippen molar-refractivity contribution < 1.29 is 5.11 Å². The van der Waals surface area contributed by atoms with Crippen LogP contribution in [0.15, 0.2) is 59.5 Å². The summed E-state index contributed by atoms with van der Waals surface area (Å²) in [6.45, 7) is 4.00. The highest BCUT2D eigenvalue weighted by molar-refractivity contribution is 5.83. The van der Waals surface area contributed by atoms with Crippen LogP contribution in [0.3, 0.4) is 0 Å². The number of pyridine rings is 1. The fourth-order valence-electron chi connectivity index (χ4n) is 4.10. The Morgan fingerprint density at radius 2 is 1.97 bits per heavy atom. The first-order valence-electron chi connectivity index (χ1n) is 10.6. The highest BCUT2D eigenvalue weighted by atomic mass is 16.3. The molecule has 0 amide bonds. The largest absolute Gasteiger partial charge is 0.392 e. The van der Waals surface area contributed by atoms with Crippen LogP contribution in [-0.4, -0.2) is 46.2 Å². The third-order valence-corrected chi connectivity index (χ3v) is 5.77. The van der Waals surface area contributed by atoms with Gasteiger partial charge in [0, 0.05) is 31.5 Å². The van der Waals surface area contributed by atoms with Crippen LogP contribution in [-0.2, 0) is 6.61 Å². The standard InChI is InChI=1S/C24H25N5O2/c30-15-16-3-1-4-17(11-16)18-12-20(24(31)26-14-18)23-27-21-6-5-19(13-22(21)28-23)29-9-2-7-25-8-10-29/h1,3-6,11-14,25,30H,2,7-10,15H2,(H,26,31)(H,27,28). The normalized spacial score (nSPS) is 14.7. The highest BCUT2D eigenvalue weighted by Crippen LogP contribution is 2.26. The van der Waals surface area contributed by atoms with Crippen molar-refractivity contribution in [2.75, 3.05) is 31.1 Å². The number of imidazole rings is 1. The number of aliphatic hydroxyl groups excluding tert-OH is 1. The SMILES string of the molecule is O=c1[nH]cc(-c2cccc(CO)c2)cc1-c1nc2ccc(N3CCCNCC3)cc2[nH]1. The molecule has 1 aliphatic rings. The molecule has 31 heavy (non-hydrogen) atoms. The summed E-state index contributed by atoms with van der Waals surface area (Å²) in [6, 6.07) is 15.7. The monoisotopic (exact) mass is 415 g/mol. The Hall–Kier alpha value is -3.42. The van der Waals surface area contributed by atoms with Crippen molar-refractivity contribution >= 4 is 16.7 Å². The maximum absolute atomic E-state index is 12.6. The number of H-pyrrole nitrogens is 2. The second-order valence-electron chi connectivity index (χ2n) is 7.87. The molecule has 158 valence electrons. The van der Waals surface area contributed by atoms with Gasteiger partial charge < -0.3 is 25.3 Å². The van der Waals surface area contributed by atoms with E-state index >= 15 is 0 Å². The molecule has 1 saturated heterocycles. The molecular formula is C24H25N5O2. The van der Waals surface area contributed by atoms with Crippen LogP contribution in [0, 0.1) is 0 Å². The van der Waals surface area contributed by atoms with E-state index in [0.717, 1.165) is 66.0 Å². The van der Waals surface area contributed by atoms with Gasteiger partial charge in [-0.3, -0.25) is 4.79 Å². The Labute approximate surface area is 179 Å². The first kappa shape index (κ1) is 19.5. The third-order valence-electron chi connectivity index (χ3n) is 5.77. The molecule has 2 aromatic heterocycles. The summed E-state index contributed by atoms with van der Waals surface area (Å²) in [7, 11) is 0. The van der Waals surface area contributed by atoms with Crippen molar-refractivity contribution in [2.24, 2.45) is 0 Å². The Bertz CT molecular complexity index is 1270. The van der Waals surface area contributed by atoms with Crippen molar-refractivity contribution in [1.82, 2.24) is 20.3 Å². The van der Waals surface area contributed by atoms with Gasteiger partial charge in [-0.2, -0.15) is 0 Å². The number of hydrogen-bond donors (Lipinski definition) is 4. The molecule has 0 aliphatic carbocycles. The summed E-state index contributed by atoms with van der Waals surface area (Å²) in [4.78, 5) is 25.8. The van der Waals surface area contributed by atoms with E-state index in [9.17, 15) is 9.90 Å². The molecule has 4 aromatic rings. The van der Waals surface area contributed by atoms with Crippen molar-refractivity contribution in [1.29, 1.82) is 0 Å². The van der Waals surface area contributed by atoms with E-state index in [1.165, 1.54) is 0 Å². The predicted molar refractivity (Wildman–Crippen MR) is 123 cm³/mol. The van der Waals surface area contributed by atoms with Crippen LogP contribution in [0.5, 0.6) is 0 Å². The average molecular weight is 415 g/mol. The molecule has 0 saturated carbocycles. The fourth-order valence-corrected chi connectivity index (χ4v) is 4.10. The lowest BCUT2D eigenvalue weighted by Crippen LogP contribution is -2.27. The van der Waals surface area contributed by atoms with E-state index < -0.39 is 0 Å². The van der Waals surface area contributed by atoms with Gasteiger partial charge in [-0.25, -0.2) is 4.98 Å². The van der Waals surface area contributed by atoms with Gasteiger partial charge in [-0.15, -0.1) is 0 Å². The van der Waals surface area contributed by atoms with Crippen molar-refractivity contribution in [3.8, 4) is 22.5 Å². The van der Waals surface area contributed by atoms with Gasteiger partial charge in [0.15, 0.2) is 0 Å². The number of anilines is 1. The molecule has 0 atom stereocenters. The highest BCUT2D eigenvalue weighted by Gasteiger charge is 2.14. The molecule has 3 heterocycles. The number of rotatable bonds is 4. The fraction of sp³-hybridized carbons (Fsp3) is 0.250. The quantitative estimate of drug-likeness (QED) is 0.411. The molecule has 0 unspecified atom stereocenters. The number of hydrogen-bond acceptors (Lipinski definition) is 5. The topological polar surface area (TPSA) is 97.0 Å². The number of aromatic amines is 2. The Balaban J connectivity index is 1.52. The molecule has 7 nitrogen and oxygen atoms in total. The first-order valence-corrected chi connectivity index (χ1v) is 10.6. The van der Waals surface area contributed by atoms with Crippen LogP contribution in [0.4, 0.5) is 5.69 Å². The molecule has 2 aromatic carbocycles. The van der Waals surface area contributed by atoms with Crippen molar-refractivity contribution in [3.05, 3.63) is 70.6 Å². The third kappa shape index (κ3) is 3.97. The van der Waals surface area contributed by atoms with Crippen molar-refractivity contribution in [2.45, 2.75) is 13.0 Å². The number of aromatic nitrogens is 3. The number of nitrogens with zero attached hydrogens (tertiary/aromatic N) is 2. The molecule has 7 heteroatoms. The second-order valence-corrected chi connectivity index (χ2v) is 7.87. The lowest BCUT2D eigenvalue weighted by molar-refractivity contribution is 0.282. The summed E-state index contributed by atoms with van der Waals surface area (Å²) in [5, 5.41) is 12.8. The van der Waals surface area contributed by atoms with Gasteiger partial charge in [0.2, 0.25) is 0 Å². The smallest absolute Gasteiger partial charge is 0.259 e. The Morgan fingerprint density at radius 1 is 1.03 bits per heavy atom. The van der Waals surface area contributed by atoms with Gasteiger partial charge in [0.25, 0.3) is 5.56 Å². The molecule has 5 rings (SSSR count). The Kier molecular flexibility index (Phi) is 5.28. The van der Waals surface area contributed by atoms with Crippen LogP contribution >= 0.6 is 0 Å². The van der Waals surface area contributed by atoms with Gasteiger partial charge in [-0.1, -0.05) is 18.2 Å². The summed E-state index contributed by atoms with van der Waals surface area (Å²) in [5.41, 5.74) is 5.82. The number of benzene rings is 2. The number of nitrogens with one attached hydrogen (secondary N) is 3. The number of fused-ring (bicyclic) bond motifs is 1. The first-order chi connectivity index (χ1) is 15.2.